The molecule has 3 aliphatic heterocycles. The number of piperidine rings is 1. The Labute approximate surface area is 217 Å². The molecule has 7 nitrogen and oxygen atoms in total. The van der Waals surface area contributed by atoms with Crippen molar-refractivity contribution < 1.29 is 24.5 Å². The summed E-state index contributed by atoms with van der Waals surface area (Å²) in [5.41, 5.74) is -1.55. The number of carbonyl (C=O) groups is 1. The average molecular weight is 503 g/mol. The average Bonchev–Trinajstić information content (AvgIpc) is 3.66. The maximum atomic E-state index is 14.2. The molecule has 194 valence electrons. The molecule has 0 aromatic heterocycles. The van der Waals surface area contributed by atoms with E-state index in [0.29, 0.717) is 19.3 Å². The number of phenols is 1. The standard InChI is InChI=1S/C30H34N2O5/c1-36-30-25-26(34)32(18-19-6-3-2-4-7-19)29(30,35)13-12-28(37-25)23-16-21-8-5-9-22(33)24(21)27(28,30)14-15-31(23)17-20-10-11-20/h2-9,20,23,25,33,35H,10-18H2,1H3/t23-,25?,27+,28-,29?,30?/m1/s1. The maximum absolute atomic E-state index is 14.2. The quantitative estimate of drug-likeness (QED) is 0.655. The third-order valence-corrected chi connectivity index (χ3v) is 10.8. The van der Waals surface area contributed by atoms with Crippen LogP contribution in [0, 0.1) is 5.92 Å². The van der Waals surface area contributed by atoms with Gasteiger partial charge in [-0.05, 0) is 61.8 Å². The number of hydrogen-bond donors (Lipinski definition) is 2. The number of methoxy groups -OCH3 is 1. The zero-order chi connectivity index (χ0) is 25.2. The highest BCUT2D eigenvalue weighted by molar-refractivity contribution is 5.89. The van der Waals surface area contributed by atoms with Crippen molar-refractivity contribution in [3.63, 3.8) is 0 Å². The Morgan fingerprint density at radius 3 is 2.65 bits per heavy atom. The minimum atomic E-state index is -1.56. The van der Waals surface area contributed by atoms with Crippen LogP contribution in [0.1, 0.15) is 48.8 Å². The lowest BCUT2D eigenvalue weighted by atomic mass is 9.43. The summed E-state index contributed by atoms with van der Waals surface area (Å²) in [7, 11) is 1.62. The van der Waals surface area contributed by atoms with Crippen LogP contribution in [-0.4, -0.2) is 75.2 Å². The van der Waals surface area contributed by atoms with E-state index in [1.807, 2.05) is 36.4 Å². The summed E-state index contributed by atoms with van der Waals surface area (Å²) in [6, 6.07) is 15.6. The highest BCUT2D eigenvalue weighted by Gasteiger charge is 2.91. The molecule has 37 heavy (non-hydrogen) atoms. The molecule has 3 saturated heterocycles. The van der Waals surface area contributed by atoms with Crippen LogP contribution in [0.15, 0.2) is 48.5 Å². The van der Waals surface area contributed by atoms with Gasteiger partial charge < -0.3 is 24.6 Å². The van der Waals surface area contributed by atoms with Crippen molar-refractivity contribution in [1.82, 2.24) is 9.80 Å². The van der Waals surface area contributed by atoms with Crippen molar-refractivity contribution in [3.8, 4) is 5.75 Å². The lowest BCUT2D eigenvalue weighted by molar-refractivity contribution is -0.279. The Hall–Kier alpha value is -2.45. The van der Waals surface area contributed by atoms with Crippen LogP contribution < -0.4 is 0 Å². The van der Waals surface area contributed by atoms with Crippen LogP contribution >= 0.6 is 0 Å². The number of ether oxygens (including phenoxy) is 2. The minimum absolute atomic E-state index is 0.0775. The Kier molecular flexibility index (Phi) is 4.35. The number of hydrogen-bond acceptors (Lipinski definition) is 6. The van der Waals surface area contributed by atoms with Gasteiger partial charge in [-0.2, -0.15) is 0 Å². The van der Waals surface area contributed by atoms with Crippen LogP contribution in [0.25, 0.3) is 0 Å². The first-order valence-electron chi connectivity index (χ1n) is 13.8. The van der Waals surface area contributed by atoms with E-state index in [9.17, 15) is 15.0 Å². The van der Waals surface area contributed by atoms with E-state index in [1.165, 1.54) is 12.8 Å². The van der Waals surface area contributed by atoms with Crippen molar-refractivity contribution in [3.05, 3.63) is 65.2 Å². The highest BCUT2D eigenvalue weighted by atomic mass is 16.6. The van der Waals surface area contributed by atoms with Crippen LogP contribution in [0.2, 0.25) is 0 Å². The highest BCUT2D eigenvalue weighted by Crippen LogP contribution is 2.75. The molecule has 7 heteroatoms. The third-order valence-electron chi connectivity index (χ3n) is 10.8. The summed E-state index contributed by atoms with van der Waals surface area (Å²) in [5.74, 6) is 0.734. The summed E-state index contributed by atoms with van der Waals surface area (Å²) in [6.07, 6.45) is 4.05. The molecular weight excluding hydrogens is 468 g/mol. The van der Waals surface area contributed by atoms with E-state index >= 15 is 0 Å². The second-order valence-electron chi connectivity index (χ2n) is 12.2. The number of nitrogens with zero attached hydrogens (tertiary/aromatic N) is 2. The fraction of sp³-hybridized carbons (Fsp3) is 0.567. The van der Waals surface area contributed by atoms with E-state index in [0.717, 1.165) is 42.1 Å². The molecule has 3 unspecified atom stereocenters. The van der Waals surface area contributed by atoms with Gasteiger partial charge in [0.25, 0.3) is 5.91 Å². The lowest BCUT2D eigenvalue weighted by Crippen LogP contribution is -2.82. The predicted octanol–water partition coefficient (Wildman–Crippen LogP) is 2.72. The fourth-order valence-corrected chi connectivity index (χ4v) is 9.42. The lowest BCUT2D eigenvalue weighted by Gasteiger charge is -2.68. The molecular formula is C30H34N2O5. The van der Waals surface area contributed by atoms with Crippen LogP contribution in [0.5, 0.6) is 5.75 Å². The Bertz CT molecular complexity index is 1300. The number of aliphatic hydroxyl groups is 1. The largest absolute Gasteiger partial charge is 0.508 e. The second-order valence-corrected chi connectivity index (χ2v) is 12.2. The molecule has 0 radical (unpaired) electrons. The van der Waals surface area contributed by atoms with Gasteiger partial charge in [0.05, 0.1) is 11.0 Å². The number of amides is 1. The van der Waals surface area contributed by atoms with Crippen molar-refractivity contribution in [2.24, 2.45) is 5.92 Å². The molecule has 3 heterocycles. The summed E-state index contributed by atoms with van der Waals surface area (Å²) in [4.78, 5) is 18.4. The van der Waals surface area contributed by atoms with Crippen molar-refractivity contribution >= 4 is 5.91 Å². The summed E-state index contributed by atoms with van der Waals surface area (Å²) < 4.78 is 13.6. The number of likely N-dealkylation sites (tertiary alicyclic amines) is 2. The molecule has 2 saturated carbocycles. The van der Waals surface area contributed by atoms with Gasteiger partial charge in [-0.3, -0.25) is 9.69 Å². The molecule has 6 aliphatic rings. The fourth-order valence-electron chi connectivity index (χ4n) is 9.42. The van der Waals surface area contributed by atoms with Gasteiger partial charge in [0, 0.05) is 38.2 Å². The molecule has 3 aliphatic carbocycles. The van der Waals surface area contributed by atoms with E-state index < -0.39 is 28.4 Å². The first-order valence-corrected chi connectivity index (χ1v) is 13.8. The molecule has 2 N–H and O–H groups in total. The molecule has 5 fully saturated rings. The van der Waals surface area contributed by atoms with Crippen LogP contribution in [-0.2, 0) is 32.6 Å². The van der Waals surface area contributed by atoms with E-state index in [4.69, 9.17) is 9.47 Å². The zero-order valence-corrected chi connectivity index (χ0v) is 21.2. The second kappa shape index (κ2) is 7.14. The summed E-state index contributed by atoms with van der Waals surface area (Å²) in [6.45, 7) is 2.17. The maximum Gasteiger partial charge on any atom is 0.257 e. The van der Waals surface area contributed by atoms with Gasteiger partial charge in [-0.15, -0.1) is 0 Å². The number of fused-ring (bicyclic) bond motifs is 1. The number of benzene rings is 2. The van der Waals surface area contributed by atoms with Crippen LogP contribution in [0.3, 0.4) is 0 Å². The SMILES string of the molecule is COC12C3O[C@]4(CCC1(O)N(Cc1ccccc1)C3=O)[C@H]1Cc3cccc(O)c3[C@]24CCN1CC1CC1. The van der Waals surface area contributed by atoms with Crippen molar-refractivity contribution in [1.29, 1.82) is 0 Å². The predicted molar refractivity (Wildman–Crippen MR) is 135 cm³/mol. The number of phenolic OH excluding ortho intramolecular Hbond substituents is 1. The van der Waals surface area contributed by atoms with Crippen LogP contribution in [0.4, 0.5) is 0 Å². The molecule has 6 atom stereocenters. The summed E-state index contributed by atoms with van der Waals surface area (Å²) in [5, 5.41) is 24.2. The molecule has 8 rings (SSSR count). The third kappa shape index (κ3) is 2.38. The first-order chi connectivity index (χ1) is 17.9. The Morgan fingerprint density at radius 2 is 1.89 bits per heavy atom. The Balaban J connectivity index is 1.36. The van der Waals surface area contributed by atoms with E-state index in [1.54, 1.807) is 18.1 Å². The molecule has 4 bridgehead atoms. The number of aromatic hydroxyl groups is 1. The monoisotopic (exact) mass is 502 g/mol. The summed E-state index contributed by atoms with van der Waals surface area (Å²) >= 11 is 0. The zero-order valence-electron chi connectivity index (χ0n) is 21.2. The van der Waals surface area contributed by atoms with E-state index in [2.05, 4.69) is 11.0 Å². The van der Waals surface area contributed by atoms with Crippen molar-refractivity contribution in [2.45, 2.75) is 79.6 Å². The van der Waals surface area contributed by atoms with Gasteiger partial charge in [0.2, 0.25) is 0 Å². The number of carbonyl (C=O) groups excluding carboxylic acids is 1. The van der Waals surface area contributed by atoms with E-state index in [-0.39, 0.29) is 24.2 Å². The molecule has 1 amide bonds. The Morgan fingerprint density at radius 1 is 1.08 bits per heavy atom. The number of rotatable bonds is 5. The molecule has 2 aromatic rings. The minimum Gasteiger partial charge on any atom is -0.508 e. The van der Waals surface area contributed by atoms with Gasteiger partial charge in [0.15, 0.2) is 17.4 Å². The molecule has 2 aromatic carbocycles. The van der Waals surface area contributed by atoms with Gasteiger partial charge in [-0.1, -0.05) is 42.5 Å². The van der Waals surface area contributed by atoms with Crippen molar-refractivity contribution in [2.75, 3.05) is 20.2 Å². The normalized spacial score (nSPS) is 41.6. The first kappa shape index (κ1) is 22.5. The van der Waals surface area contributed by atoms with Gasteiger partial charge in [-0.25, -0.2) is 0 Å². The smallest absolute Gasteiger partial charge is 0.257 e. The molecule has 0 spiro atoms. The topological polar surface area (TPSA) is 82.5 Å². The van der Waals surface area contributed by atoms with Gasteiger partial charge in [0.1, 0.15) is 5.75 Å². The van der Waals surface area contributed by atoms with Gasteiger partial charge >= 0.3 is 0 Å².